The summed E-state index contributed by atoms with van der Waals surface area (Å²) in [6.07, 6.45) is 6.53. The molecule has 3 aliphatic carbocycles. The van der Waals surface area contributed by atoms with Gasteiger partial charge in [-0.05, 0) is 91.7 Å². The average molecular weight is 440 g/mol. The van der Waals surface area contributed by atoms with Crippen molar-refractivity contribution in [1.82, 2.24) is 0 Å². The van der Waals surface area contributed by atoms with Crippen molar-refractivity contribution in [2.45, 2.75) is 55.4 Å². The van der Waals surface area contributed by atoms with Crippen LogP contribution in [0.1, 0.15) is 49.7 Å². The van der Waals surface area contributed by atoms with Crippen molar-refractivity contribution >= 4 is 21.4 Å². The van der Waals surface area contributed by atoms with E-state index in [0.717, 1.165) is 49.7 Å². The van der Waals surface area contributed by atoms with E-state index >= 15 is 0 Å². The number of nitrogens with one attached hydrogen (secondary N) is 1. The minimum atomic E-state index is -3.23. The first kappa shape index (κ1) is 20.7. The van der Waals surface area contributed by atoms with Gasteiger partial charge in [0.05, 0.1) is 22.7 Å². The van der Waals surface area contributed by atoms with Crippen LogP contribution in [0, 0.1) is 17.8 Å². The highest BCUT2D eigenvalue weighted by Gasteiger charge is 2.54. The molecule has 3 aliphatic rings. The third kappa shape index (κ3) is 4.55. The van der Waals surface area contributed by atoms with Crippen molar-refractivity contribution in [1.29, 1.82) is 0 Å². The molecule has 31 heavy (non-hydrogen) atoms. The third-order valence-corrected chi connectivity index (χ3v) is 8.73. The van der Waals surface area contributed by atoms with Gasteiger partial charge >= 0.3 is 0 Å². The SMILES string of the molecule is O=C(Cc1ccc(S(=O)(=O)CC2CC2)cc1)Nc1ccc(C(O)(C2CC2)C2CC2)cc1. The van der Waals surface area contributed by atoms with Crippen molar-refractivity contribution in [3.63, 3.8) is 0 Å². The molecule has 6 heteroatoms. The second-order valence-electron chi connectivity index (χ2n) is 9.54. The molecule has 0 aromatic heterocycles. The highest BCUT2D eigenvalue weighted by Crippen LogP contribution is 2.57. The maximum Gasteiger partial charge on any atom is 0.228 e. The lowest BCUT2D eigenvalue weighted by molar-refractivity contribution is -0.115. The van der Waals surface area contributed by atoms with Gasteiger partial charge in [-0.15, -0.1) is 0 Å². The molecule has 0 aliphatic heterocycles. The number of hydrogen-bond donors (Lipinski definition) is 2. The standard InChI is InChI=1S/C25H29NO4S/c27-24(15-17-3-13-23(14-4-17)31(29,30)16-18-1-2-18)26-22-11-9-21(10-12-22)25(28,19-5-6-19)20-7-8-20/h3-4,9-14,18-20,28H,1-2,5-8,15-16H2,(H,26,27). The van der Waals surface area contributed by atoms with Gasteiger partial charge in [0.15, 0.2) is 9.84 Å². The first-order valence-corrected chi connectivity index (χ1v) is 12.9. The average Bonchev–Trinajstić information content (AvgIpc) is 3.59. The number of carbonyl (C=O) groups is 1. The number of amides is 1. The molecular weight excluding hydrogens is 410 g/mol. The zero-order chi connectivity index (χ0) is 21.6. The fourth-order valence-corrected chi connectivity index (χ4v) is 6.27. The van der Waals surface area contributed by atoms with Gasteiger partial charge in [-0.1, -0.05) is 24.3 Å². The normalized spacial score (nSPS) is 19.3. The van der Waals surface area contributed by atoms with Crippen LogP contribution in [0.3, 0.4) is 0 Å². The fourth-order valence-electron chi connectivity index (χ4n) is 4.57. The van der Waals surface area contributed by atoms with Crippen molar-refractivity contribution in [2.75, 3.05) is 11.1 Å². The molecular formula is C25H29NO4S. The quantitative estimate of drug-likeness (QED) is 0.617. The summed E-state index contributed by atoms with van der Waals surface area (Å²) in [5.41, 5.74) is 1.73. The molecule has 1 amide bonds. The molecule has 0 spiro atoms. The van der Waals surface area contributed by atoms with E-state index in [0.29, 0.717) is 28.3 Å². The van der Waals surface area contributed by atoms with E-state index in [1.165, 1.54) is 0 Å². The number of carbonyl (C=O) groups excluding carboxylic acids is 1. The lowest BCUT2D eigenvalue weighted by atomic mass is 9.84. The fraction of sp³-hybridized carbons (Fsp3) is 0.480. The van der Waals surface area contributed by atoms with Crippen LogP contribution in [0.4, 0.5) is 5.69 Å². The Balaban J connectivity index is 1.19. The van der Waals surface area contributed by atoms with Gasteiger partial charge in [-0.3, -0.25) is 4.79 Å². The molecule has 0 unspecified atom stereocenters. The Kier molecular flexibility index (Phi) is 5.18. The van der Waals surface area contributed by atoms with Gasteiger partial charge in [0.25, 0.3) is 0 Å². The van der Waals surface area contributed by atoms with Crippen LogP contribution in [0.2, 0.25) is 0 Å². The molecule has 164 valence electrons. The number of anilines is 1. The van der Waals surface area contributed by atoms with Crippen molar-refractivity contribution in [2.24, 2.45) is 17.8 Å². The molecule has 5 rings (SSSR count). The molecule has 3 saturated carbocycles. The van der Waals surface area contributed by atoms with E-state index in [1.807, 2.05) is 24.3 Å². The maximum atomic E-state index is 12.5. The molecule has 2 aromatic carbocycles. The summed E-state index contributed by atoms with van der Waals surface area (Å²) < 4.78 is 24.7. The summed E-state index contributed by atoms with van der Waals surface area (Å²) in [4.78, 5) is 12.8. The molecule has 0 radical (unpaired) electrons. The van der Waals surface area contributed by atoms with Crippen molar-refractivity contribution in [3.8, 4) is 0 Å². The number of hydrogen-bond acceptors (Lipinski definition) is 4. The molecule has 2 aromatic rings. The zero-order valence-corrected chi connectivity index (χ0v) is 18.4. The van der Waals surface area contributed by atoms with Crippen LogP contribution in [-0.4, -0.2) is 25.2 Å². The van der Waals surface area contributed by atoms with Crippen molar-refractivity contribution < 1.29 is 18.3 Å². The summed E-state index contributed by atoms with van der Waals surface area (Å²) >= 11 is 0. The highest BCUT2D eigenvalue weighted by molar-refractivity contribution is 7.91. The minimum absolute atomic E-state index is 0.152. The molecule has 0 heterocycles. The maximum absolute atomic E-state index is 12.5. The first-order chi connectivity index (χ1) is 14.8. The summed E-state index contributed by atoms with van der Waals surface area (Å²) in [5, 5.41) is 14.1. The largest absolute Gasteiger partial charge is 0.385 e. The summed E-state index contributed by atoms with van der Waals surface area (Å²) in [7, 11) is -3.23. The lowest BCUT2D eigenvalue weighted by Gasteiger charge is -2.29. The molecule has 2 N–H and O–H groups in total. The summed E-state index contributed by atoms with van der Waals surface area (Å²) in [6.45, 7) is 0. The monoisotopic (exact) mass is 439 g/mol. The Morgan fingerprint density at radius 2 is 1.48 bits per heavy atom. The Morgan fingerprint density at radius 3 is 2.00 bits per heavy atom. The van der Waals surface area contributed by atoms with Crippen LogP contribution >= 0.6 is 0 Å². The van der Waals surface area contributed by atoms with Crippen LogP contribution in [-0.2, 0) is 26.7 Å². The molecule has 3 fully saturated rings. The summed E-state index contributed by atoms with van der Waals surface area (Å²) in [5.74, 6) is 1.12. The van der Waals surface area contributed by atoms with E-state index in [1.54, 1.807) is 24.3 Å². The third-order valence-electron chi connectivity index (χ3n) is 6.83. The van der Waals surface area contributed by atoms with E-state index in [-0.39, 0.29) is 18.1 Å². The van der Waals surface area contributed by atoms with E-state index in [9.17, 15) is 18.3 Å². The Morgan fingerprint density at radius 1 is 0.903 bits per heavy atom. The van der Waals surface area contributed by atoms with E-state index < -0.39 is 15.4 Å². The van der Waals surface area contributed by atoms with E-state index in [4.69, 9.17) is 0 Å². The lowest BCUT2D eigenvalue weighted by Crippen LogP contribution is -2.31. The number of rotatable bonds is 9. The predicted octanol–water partition coefficient (Wildman–Crippen LogP) is 4.06. The molecule has 0 bridgehead atoms. The minimum Gasteiger partial charge on any atom is -0.385 e. The van der Waals surface area contributed by atoms with Gasteiger partial charge in [0, 0.05) is 5.69 Å². The number of aliphatic hydroxyl groups is 1. The van der Waals surface area contributed by atoms with Crippen LogP contribution in [0.15, 0.2) is 53.4 Å². The van der Waals surface area contributed by atoms with Gasteiger partial charge in [0.2, 0.25) is 5.91 Å². The van der Waals surface area contributed by atoms with E-state index in [2.05, 4.69) is 5.32 Å². The van der Waals surface area contributed by atoms with Crippen molar-refractivity contribution in [3.05, 3.63) is 59.7 Å². The Hall–Kier alpha value is -2.18. The Labute approximate surface area is 183 Å². The molecule has 0 saturated heterocycles. The highest BCUT2D eigenvalue weighted by atomic mass is 32.2. The molecule has 5 nitrogen and oxygen atoms in total. The second-order valence-corrected chi connectivity index (χ2v) is 11.6. The second kappa shape index (κ2) is 7.75. The number of sulfone groups is 1. The van der Waals surface area contributed by atoms with Crippen LogP contribution < -0.4 is 5.32 Å². The van der Waals surface area contributed by atoms with Gasteiger partial charge in [0.1, 0.15) is 0 Å². The number of benzene rings is 2. The zero-order valence-electron chi connectivity index (χ0n) is 17.6. The van der Waals surface area contributed by atoms with Crippen LogP contribution in [0.5, 0.6) is 0 Å². The molecule has 0 atom stereocenters. The predicted molar refractivity (Wildman–Crippen MR) is 119 cm³/mol. The smallest absolute Gasteiger partial charge is 0.228 e. The Bertz CT molecular complexity index is 1050. The topological polar surface area (TPSA) is 83.5 Å². The summed E-state index contributed by atoms with van der Waals surface area (Å²) in [6, 6.07) is 14.2. The van der Waals surface area contributed by atoms with Gasteiger partial charge in [-0.25, -0.2) is 8.42 Å². The van der Waals surface area contributed by atoms with Crippen LogP contribution in [0.25, 0.3) is 0 Å². The van der Waals surface area contributed by atoms with Gasteiger partial charge in [-0.2, -0.15) is 0 Å². The first-order valence-electron chi connectivity index (χ1n) is 11.3. The van der Waals surface area contributed by atoms with Gasteiger partial charge < -0.3 is 10.4 Å².